The highest BCUT2D eigenvalue weighted by atomic mass is 31.2. The molecule has 0 saturated carbocycles. The number of alkyl halides is 1. The molecule has 2 heterocycles. The molecule has 0 spiro atoms. The normalized spacial score (nSPS) is 27.1. The van der Waals surface area contributed by atoms with E-state index in [1.165, 1.54) is 27.3 Å². The van der Waals surface area contributed by atoms with Crippen molar-refractivity contribution in [3.8, 4) is 18.1 Å². The number of rotatable bonds is 11. The fourth-order valence-electron chi connectivity index (χ4n) is 5.41. The minimum absolute atomic E-state index is 0.223. The maximum absolute atomic E-state index is 16.2. The molecule has 2 aliphatic rings. The molecule has 0 bridgehead atoms. The largest absolute Gasteiger partial charge is 0.468 e. The molecule has 7 atom stereocenters. The van der Waals surface area contributed by atoms with Crippen LogP contribution in [-0.4, -0.2) is 64.8 Å². The smallest absolute Gasteiger partial charge is 0.459 e. The van der Waals surface area contributed by atoms with Crippen LogP contribution < -0.4 is 15.3 Å². The first-order valence-electron chi connectivity index (χ1n) is 14.1. The number of ether oxygens (including phenoxy) is 2. The molecule has 11 nitrogen and oxygen atoms in total. The number of carbonyl (C=O) groups is 1. The van der Waals surface area contributed by atoms with Crippen molar-refractivity contribution in [1.29, 1.82) is 0 Å². The second kappa shape index (κ2) is 13.5. The zero-order valence-corrected chi connectivity index (χ0v) is 25.6. The van der Waals surface area contributed by atoms with Crippen LogP contribution in [-0.2, 0) is 36.2 Å². The molecular formula is C30H38FN4O7P. The van der Waals surface area contributed by atoms with Gasteiger partial charge in [-0.1, -0.05) is 37.5 Å². The van der Waals surface area contributed by atoms with E-state index in [-0.39, 0.29) is 11.6 Å². The third kappa shape index (κ3) is 7.25. The summed E-state index contributed by atoms with van der Waals surface area (Å²) in [5.41, 5.74) is 6.49. The first kappa shape index (κ1) is 32.6. The number of nitrogens with two attached hydrogens (primary N) is 1. The van der Waals surface area contributed by atoms with E-state index in [1.807, 2.05) is 12.1 Å². The molecule has 4 rings (SSSR count). The van der Waals surface area contributed by atoms with Gasteiger partial charge in [-0.2, -0.15) is 5.09 Å². The van der Waals surface area contributed by atoms with E-state index in [0.717, 1.165) is 18.4 Å². The molecule has 1 saturated heterocycles. The Kier molecular flexibility index (Phi) is 10.3. The van der Waals surface area contributed by atoms with Gasteiger partial charge in [0.2, 0.25) is 0 Å². The van der Waals surface area contributed by atoms with Crippen molar-refractivity contribution in [2.24, 2.45) is 5.92 Å². The zero-order valence-electron chi connectivity index (χ0n) is 24.7. The molecule has 43 heavy (non-hydrogen) atoms. The van der Waals surface area contributed by atoms with E-state index in [9.17, 15) is 14.5 Å². The Morgan fingerprint density at radius 2 is 2.09 bits per heavy atom. The quantitative estimate of drug-likeness (QED) is 0.192. The van der Waals surface area contributed by atoms with Crippen LogP contribution in [0.5, 0.6) is 5.75 Å². The number of esters is 1. The summed E-state index contributed by atoms with van der Waals surface area (Å²) in [6.07, 6.45) is 7.47. The average molecular weight is 617 g/mol. The number of aliphatic hydroxyl groups excluding tert-OH is 1. The van der Waals surface area contributed by atoms with E-state index in [4.69, 9.17) is 30.7 Å². The molecule has 232 valence electrons. The standard InChI is InChI=1S/C30H38FN4O7P/c1-6-8-19-9-12-22(13-10-19)42-43(38,35-18(3)29(37)39-5)40-16-24-26(36)30(4,31)27(41-24)21-11-14-23-25(20(7-2)15-21)28(32)34-17-33-23/h2,9-10,12-13,15,17-18,21,24,26-27,36H,6,8,11,14,16H2,1,3-5H3,(H,35,38)(H2,32,33,34)/t18?,21?,24-,26-,27+,30-,43?/m1/s1. The fraction of sp³-hybridized carbons (Fsp3) is 0.500. The second-order valence-corrected chi connectivity index (χ2v) is 12.5. The number of nitrogens with one attached hydrogen (secondary N) is 1. The number of terminal acetylenes is 1. The number of nitrogens with zero attached hydrogens (tertiary/aromatic N) is 2. The Morgan fingerprint density at radius 1 is 1.37 bits per heavy atom. The molecule has 1 aromatic heterocycles. The van der Waals surface area contributed by atoms with Gasteiger partial charge in [-0.3, -0.25) is 9.32 Å². The highest BCUT2D eigenvalue weighted by Gasteiger charge is 2.56. The fourth-order valence-corrected chi connectivity index (χ4v) is 6.92. The van der Waals surface area contributed by atoms with Gasteiger partial charge in [0.25, 0.3) is 0 Å². The number of aromatic nitrogens is 2. The van der Waals surface area contributed by atoms with Gasteiger partial charge in [0, 0.05) is 11.5 Å². The predicted octanol–water partition coefficient (Wildman–Crippen LogP) is 3.80. The van der Waals surface area contributed by atoms with Crippen LogP contribution in [0, 0.1) is 18.3 Å². The number of benzene rings is 1. The van der Waals surface area contributed by atoms with Gasteiger partial charge >= 0.3 is 13.7 Å². The number of anilines is 1. The average Bonchev–Trinajstić information content (AvgIpc) is 3.10. The van der Waals surface area contributed by atoms with Crippen molar-refractivity contribution >= 4 is 25.1 Å². The molecule has 0 amide bonds. The predicted molar refractivity (Wildman–Crippen MR) is 158 cm³/mol. The van der Waals surface area contributed by atoms with Crippen molar-refractivity contribution in [3.63, 3.8) is 0 Å². The molecule has 1 aliphatic carbocycles. The van der Waals surface area contributed by atoms with Crippen LogP contribution >= 0.6 is 7.75 Å². The molecule has 3 unspecified atom stereocenters. The lowest BCUT2D eigenvalue weighted by Crippen LogP contribution is -2.44. The lowest BCUT2D eigenvalue weighted by Gasteiger charge is -2.28. The van der Waals surface area contributed by atoms with Gasteiger partial charge in [-0.05, 0) is 50.8 Å². The number of fused-ring (bicyclic) bond motifs is 1. The van der Waals surface area contributed by atoms with Crippen molar-refractivity contribution in [3.05, 3.63) is 53.5 Å². The molecule has 13 heteroatoms. The Labute approximate surface area is 251 Å². The molecule has 1 aliphatic heterocycles. The summed E-state index contributed by atoms with van der Waals surface area (Å²) in [4.78, 5) is 20.4. The van der Waals surface area contributed by atoms with Crippen molar-refractivity contribution in [2.75, 3.05) is 19.5 Å². The number of nitrogen functional groups attached to an aromatic ring is 1. The van der Waals surface area contributed by atoms with E-state index in [1.54, 1.807) is 18.2 Å². The third-order valence-corrected chi connectivity index (χ3v) is 9.32. The molecule has 4 N–H and O–H groups in total. The highest BCUT2D eigenvalue weighted by Crippen LogP contribution is 2.48. The van der Waals surface area contributed by atoms with E-state index in [2.05, 4.69) is 27.9 Å². The Bertz CT molecular complexity index is 1430. The first-order valence-corrected chi connectivity index (χ1v) is 15.7. The molecule has 2 aromatic rings. The summed E-state index contributed by atoms with van der Waals surface area (Å²) in [5.74, 6) is 1.78. The van der Waals surface area contributed by atoms with Crippen LogP contribution in [0.25, 0.3) is 5.57 Å². The third-order valence-electron chi connectivity index (χ3n) is 7.68. The molecule has 1 aromatic carbocycles. The van der Waals surface area contributed by atoms with E-state index < -0.39 is 56.3 Å². The minimum atomic E-state index is -4.27. The maximum Gasteiger partial charge on any atom is 0.459 e. The number of hydrogen-bond acceptors (Lipinski definition) is 10. The number of allylic oxidation sites excluding steroid dienone is 1. The number of aryl methyl sites for hydroxylation is 2. The molecule has 1 fully saturated rings. The van der Waals surface area contributed by atoms with Crippen LogP contribution in [0.3, 0.4) is 0 Å². The van der Waals surface area contributed by atoms with Crippen molar-refractivity contribution in [1.82, 2.24) is 15.1 Å². The van der Waals surface area contributed by atoms with Gasteiger partial charge in [0.15, 0.2) is 5.67 Å². The van der Waals surface area contributed by atoms with Gasteiger partial charge in [-0.15, -0.1) is 6.42 Å². The van der Waals surface area contributed by atoms with Gasteiger partial charge in [-0.25, -0.2) is 18.9 Å². The summed E-state index contributed by atoms with van der Waals surface area (Å²) >= 11 is 0. The van der Waals surface area contributed by atoms with Gasteiger partial charge in [0.1, 0.15) is 42.2 Å². The summed E-state index contributed by atoms with van der Waals surface area (Å²) in [6, 6.07) is 5.87. The summed E-state index contributed by atoms with van der Waals surface area (Å²) in [7, 11) is -3.07. The SMILES string of the molecule is C#CC1=CC([C@@H]2O[C@H](COP(=O)(NC(C)C(=O)OC)Oc3ccc(CCC)cc3)[C@@H](O)[C@@]2(C)F)CCc2ncnc(N)c21. The number of aliphatic hydroxyl groups is 1. The zero-order chi connectivity index (χ0) is 31.4. The number of halogens is 1. The topological polar surface area (TPSA) is 155 Å². The molecular weight excluding hydrogens is 578 g/mol. The van der Waals surface area contributed by atoms with Crippen LogP contribution in [0.4, 0.5) is 10.2 Å². The highest BCUT2D eigenvalue weighted by molar-refractivity contribution is 7.52. The van der Waals surface area contributed by atoms with E-state index in [0.29, 0.717) is 29.7 Å². The van der Waals surface area contributed by atoms with Crippen molar-refractivity contribution in [2.45, 2.75) is 76.5 Å². The Balaban J connectivity index is 1.54. The Hall–Kier alpha value is -3.33. The van der Waals surface area contributed by atoms with Crippen LogP contribution in [0.1, 0.15) is 50.4 Å². The van der Waals surface area contributed by atoms with Gasteiger partial charge < -0.3 is 24.8 Å². The van der Waals surface area contributed by atoms with E-state index >= 15 is 4.39 Å². The first-order chi connectivity index (χ1) is 20.4. The number of hydrogen-bond donors (Lipinski definition) is 3. The summed E-state index contributed by atoms with van der Waals surface area (Å²) in [5, 5.41) is 13.5. The second-order valence-electron chi connectivity index (χ2n) is 10.9. The summed E-state index contributed by atoms with van der Waals surface area (Å²) in [6.45, 7) is 4.21. The van der Waals surface area contributed by atoms with Crippen molar-refractivity contribution < 1.29 is 37.4 Å². The molecule has 0 radical (unpaired) electrons. The summed E-state index contributed by atoms with van der Waals surface area (Å²) < 4.78 is 52.2. The number of carbonyl (C=O) groups excluding carboxylic acids is 1. The van der Waals surface area contributed by atoms with Crippen LogP contribution in [0.15, 0.2) is 36.7 Å². The lowest BCUT2D eigenvalue weighted by atomic mass is 9.84. The Morgan fingerprint density at radius 3 is 2.74 bits per heavy atom. The van der Waals surface area contributed by atoms with Gasteiger partial charge in [0.05, 0.1) is 25.0 Å². The maximum atomic E-state index is 16.2. The minimum Gasteiger partial charge on any atom is -0.468 e. The number of methoxy groups -OCH3 is 1. The monoisotopic (exact) mass is 616 g/mol. The lowest BCUT2D eigenvalue weighted by molar-refractivity contribution is -0.142. The van der Waals surface area contributed by atoms with Crippen LogP contribution in [0.2, 0.25) is 0 Å².